The summed E-state index contributed by atoms with van der Waals surface area (Å²) in [6, 6.07) is -0.648. The van der Waals surface area contributed by atoms with Crippen LogP contribution in [0.25, 0.3) is 0 Å². The third-order valence-corrected chi connectivity index (χ3v) is 2.42. The van der Waals surface area contributed by atoms with E-state index in [0.29, 0.717) is 6.42 Å². The van der Waals surface area contributed by atoms with Gasteiger partial charge in [-0.15, -0.1) is 0 Å². The van der Waals surface area contributed by atoms with Crippen LogP contribution in [-0.2, 0) is 19.2 Å². The fraction of sp³-hybridized carbons (Fsp3) is 0.765. The third-order valence-electron chi connectivity index (χ3n) is 2.42. The van der Waals surface area contributed by atoms with Gasteiger partial charge in [0.15, 0.2) is 0 Å². The molecule has 0 saturated heterocycles. The second-order valence-electron chi connectivity index (χ2n) is 5.66. The zero-order chi connectivity index (χ0) is 22.3. The lowest BCUT2D eigenvalue weighted by Crippen LogP contribution is -2.50. The van der Waals surface area contributed by atoms with E-state index in [9.17, 15) is 14.4 Å². The van der Waals surface area contributed by atoms with Crippen LogP contribution in [0.1, 0.15) is 40.5 Å². The van der Waals surface area contributed by atoms with Crippen LogP contribution in [0.5, 0.6) is 0 Å². The van der Waals surface area contributed by atoms with Gasteiger partial charge in [-0.2, -0.15) is 0 Å². The summed E-state index contributed by atoms with van der Waals surface area (Å²) in [6.07, 6.45) is 1.60. The standard InChI is InChI=1S/C11H22N4O3.C3H9N.C2H7N.CH2O/c1-7(2)4-8(15-10(17)6-13-3)11(18)14-5-9(12)16;1-2-3-4;1-2-3;1-2/h7-8,13H,4-6H2,1-3H3,(H2,12,16)(H,14,18)(H,15,17);2-4H2,1H3;2-3H2,1H3;1H2. The van der Waals surface area contributed by atoms with Gasteiger partial charge in [0.2, 0.25) is 17.7 Å². The summed E-state index contributed by atoms with van der Waals surface area (Å²) in [5.74, 6) is -1.04. The molecule has 0 heterocycles. The topological polar surface area (TPSA) is 182 Å². The van der Waals surface area contributed by atoms with Crippen LogP contribution in [0.3, 0.4) is 0 Å². The van der Waals surface area contributed by atoms with E-state index in [0.717, 1.165) is 19.5 Å². The zero-order valence-corrected chi connectivity index (χ0v) is 17.5. The average Bonchev–Trinajstić information content (AvgIpc) is 2.61. The maximum atomic E-state index is 11.8. The first-order valence-corrected chi connectivity index (χ1v) is 8.88. The molecule has 0 saturated carbocycles. The molecule has 0 aromatic heterocycles. The summed E-state index contributed by atoms with van der Waals surface area (Å²) in [5, 5.41) is 7.69. The van der Waals surface area contributed by atoms with Crippen molar-refractivity contribution in [3.63, 3.8) is 0 Å². The molecular formula is C17H40N6O4. The van der Waals surface area contributed by atoms with E-state index in [1.54, 1.807) is 7.05 Å². The Morgan fingerprint density at radius 2 is 1.48 bits per heavy atom. The number of nitrogens with one attached hydrogen (secondary N) is 3. The van der Waals surface area contributed by atoms with Crippen LogP contribution in [0.4, 0.5) is 0 Å². The average molecular weight is 393 g/mol. The van der Waals surface area contributed by atoms with E-state index in [4.69, 9.17) is 22.0 Å². The van der Waals surface area contributed by atoms with Gasteiger partial charge in [-0.25, -0.2) is 0 Å². The molecule has 10 heteroatoms. The number of likely N-dealkylation sites (N-methyl/N-ethyl adjacent to an activating group) is 1. The van der Waals surface area contributed by atoms with Crippen molar-refractivity contribution in [3.05, 3.63) is 0 Å². The molecule has 9 N–H and O–H groups in total. The van der Waals surface area contributed by atoms with E-state index in [1.165, 1.54) is 0 Å². The highest BCUT2D eigenvalue weighted by Gasteiger charge is 2.21. The van der Waals surface area contributed by atoms with Crippen molar-refractivity contribution < 1.29 is 19.2 Å². The van der Waals surface area contributed by atoms with Gasteiger partial charge in [-0.1, -0.05) is 27.7 Å². The SMILES string of the molecule is C=O.CCCN.CCN.CNCC(=O)NC(CC(C)C)C(=O)NCC(N)=O. The molecule has 1 atom stereocenters. The molecule has 0 aromatic carbocycles. The molecule has 0 rings (SSSR count). The summed E-state index contributed by atoms with van der Waals surface area (Å²) in [7, 11) is 1.64. The molecular weight excluding hydrogens is 352 g/mol. The Balaban J connectivity index is -0.000000246. The summed E-state index contributed by atoms with van der Waals surface area (Å²) < 4.78 is 0. The van der Waals surface area contributed by atoms with E-state index in [2.05, 4.69) is 22.9 Å². The molecule has 0 fully saturated rings. The fourth-order valence-corrected chi connectivity index (χ4v) is 1.41. The number of amides is 3. The van der Waals surface area contributed by atoms with Crippen molar-refractivity contribution in [3.8, 4) is 0 Å². The minimum atomic E-state index is -0.648. The minimum Gasteiger partial charge on any atom is -0.368 e. The van der Waals surface area contributed by atoms with Gasteiger partial charge >= 0.3 is 0 Å². The van der Waals surface area contributed by atoms with Crippen LogP contribution < -0.4 is 33.2 Å². The van der Waals surface area contributed by atoms with Crippen molar-refractivity contribution in [2.24, 2.45) is 23.1 Å². The van der Waals surface area contributed by atoms with Gasteiger partial charge in [0.1, 0.15) is 12.8 Å². The number of hydrogen-bond donors (Lipinski definition) is 6. The van der Waals surface area contributed by atoms with Crippen LogP contribution >= 0.6 is 0 Å². The Morgan fingerprint density at radius 3 is 1.78 bits per heavy atom. The van der Waals surface area contributed by atoms with Gasteiger partial charge < -0.3 is 37.9 Å². The number of primary amides is 1. The first-order valence-electron chi connectivity index (χ1n) is 8.88. The Labute approximate surface area is 163 Å². The quantitative estimate of drug-likeness (QED) is 0.275. The highest BCUT2D eigenvalue weighted by atomic mass is 16.2. The third kappa shape index (κ3) is 32.1. The van der Waals surface area contributed by atoms with Crippen molar-refractivity contribution in [2.75, 3.05) is 33.2 Å². The molecule has 0 aliphatic heterocycles. The first-order chi connectivity index (χ1) is 12.7. The lowest BCUT2D eigenvalue weighted by Gasteiger charge is -2.19. The maximum absolute atomic E-state index is 11.8. The Bertz CT molecular complexity index is 365. The number of carbonyl (C=O) groups excluding carboxylic acids is 4. The van der Waals surface area contributed by atoms with E-state index >= 15 is 0 Å². The summed E-state index contributed by atoms with van der Waals surface area (Å²) in [4.78, 5) is 41.8. The summed E-state index contributed by atoms with van der Waals surface area (Å²) >= 11 is 0. The maximum Gasteiger partial charge on any atom is 0.243 e. The van der Waals surface area contributed by atoms with Gasteiger partial charge in [-0.05, 0) is 38.9 Å². The van der Waals surface area contributed by atoms with Crippen molar-refractivity contribution in [1.82, 2.24) is 16.0 Å². The van der Waals surface area contributed by atoms with E-state index < -0.39 is 17.9 Å². The molecule has 3 amide bonds. The van der Waals surface area contributed by atoms with Gasteiger partial charge in [-0.3, -0.25) is 14.4 Å². The lowest BCUT2D eigenvalue weighted by atomic mass is 10.0. The zero-order valence-electron chi connectivity index (χ0n) is 17.5. The minimum absolute atomic E-state index is 0.137. The summed E-state index contributed by atoms with van der Waals surface area (Å²) in [6.45, 7) is 11.3. The molecule has 10 nitrogen and oxygen atoms in total. The first kappa shape index (κ1) is 32.6. The van der Waals surface area contributed by atoms with Crippen LogP contribution in [0.15, 0.2) is 0 Å². The van der Waals surface area contributed by atoms with Crippen molar-refractivity contribution in [2.45, 2.75) is 46.6 Å². The smallest absolute Gasteiger partial charge is 0.243 e. The molecule has 0 spiro atoms. The van der Waals surface area contributed by atoms with Gasteiger partial charge in [0, 0.05) is 0 Å². The predicted octanol–water partition coefficient (Wildman–Crippen LogP) is -1.53. The van der Waals surface area contributed by atoms with Crippen LogP contribution in [-0.4, -0.2) is 63.8 Å². The Kier molecular flexibility index (Phi) is 31.6. The van der Waals surface area contributed by atoms with Crippen LogP contribution in [0.2, 0.25) is 0 Å². The predicted molar refractivity (Wildman–Crippen MR) is 109 cm³/mol. The molecule has 0 aromatic rings. The van der Waals surface area contributed by atoms with Crippen molar-refractivity contribution in [1.29, 1.82) is 0 Å². The van der Waals surface area contributed by atoms with Crippen LogP contribution in [0, 0.1) is 5.92 Å². The number of carbonyl (C=O) groups is 4. The number of nitrogens with two attached hydrogens (primary N) is 3. The van der Waals surface area contributed by atoms with E-state index in [1.807, 2.05) is 27.6 Å². The molecule has 0 bridgehead atoms. The largest absolute Gasteiger partial charge is 0.368 e. The Morgan fingerprint density at radius 1 is 1.04 bits per heavy atom. The highest BCUT2D eigenvalue weighted by molar-refractivity contribution is 5.90. The monoisotopic (exact) mass is 392 g/mol. The van der Waals surface area contributed by atoms with Crippen molar-refractivity contribution >= 4 is 24.5 Å². The fourth-order valence-electron chi connectivity index (χ4n) is 1.41. The molecule has 162 valence electrons. The number of rotatable bonds is 9. The second kappa shape index (κ2) is 26.2. The van der Waals surface area contributed by atoms with Gasteiger partial charge in [0.05, 0.1) is 13.1 Å². The lowest BCUT2D eigenvalue weighted by molar-refractivity contribution is -0.130. The second-order valence-corrected chi connectivity index (χ2v) is 5.66. The molecule has 1 unspecified atom stereocenters. The summed E-state index contributed by atoms with van der Waals surface area (Å²) in [5.41, 5.74) is 14.8. The molecule has 27 heavy (non-hydrogen) atoms. The normalized spacial score (nSPS) is 9.93. The molecule has 0 aliphatic rings. The molecule has 0 radical (unpaired) electrons. The van der Waals surface area contributed by atoms with E-state index in [-0.39, 0.29) is 24.9 Å². The van der Waals surface area contributed by atoms with Gasteiger partial charge in [0.25, 0.3) is 0 Å². The highest BCUT2D eigenvalue weighted by Crippen LogP contribution is 2.04. The number of hydrogen-bond acceptors (Lipinski definition) is 7. The molecule has 0 aliphatic carbocycles. The Hall–Kier alpha value is -2.04.